The van der Waals surface area contributed by atoms with Crippen LogP contribution in [0.25, 0.3) is 0 Å². The standard InChI is InChI=1S/C10H21N/c1-4-7(3)10(11)9-6-8(9)5-2/h7-10H,4-6,11H2,1-3H3/t7?,8-,9-,10?/m1/s1. The van der Waals surface area contributed by atoms with Crippen molar-refractivity contribution in [3.8, 4) is 0 Å². The van der Waals surface area contributed by atoms with Crippen LogP contribution in [-0.4, -0.2) is 6.04 Å². The second-order valence-corrected chi connectivity index (χ2v) is 4.03. The molecule has 1 heteroatoms. The van der Waals surface area contributed by atoms with Crippen molar-refractivity contribution in [2.75, 3.05) is 0 Å². The Labute approximate surface area is 70.4 Å². The molecule has 0 radical (unpaired) electrons. The van der Waals surface area contributed by atoms with Gasteiger partial charge in [-0.3, -0.25) is 0 Å². The Kier molecular flexibility index (Phi) is 2.94. The summed E-state index contributed by atoms with van der Waals surface area (Å²) >= 11 is 0. The van der Waals surface area contributed by atoms with Crippen LogP contribution in [0.3, 0.4) is 0 Å². The second kappa shape index (κ2) is 3.57. The van der Waals surface area contributed by atoms with Crippen LogP contribution in [0.15, 0.2) is 0 Å². The summed E-state index contributed by atoms with van der Waals surface area (Å²) in [4.78, 5) is 0. The van der Waals surface area contributed by atoms with Gasteiger partial charge in [-0.25, -0.2) is 0 Å². The van der Waals surface area contributed by atoms with Gasteiger partial charge < -0.3 is 5.73 Å². The number of hydrogen-bond acceptors (Lipinski definition) is 1. The highest BCUT2D eigenvalue weighted by molar-refractivity contribution is 4.94. The maximum atomic E-state index is 6.10. The van der Waals surface area contributed by atoms with E-state index < -0.39 is 0 Å². The van der Waals surface area contributed by atoms with E-state index in [2.05, 4.69) is 20.8 Å². The number of hydrogen-bond donors (Lipinski definition) is 1. The molecule has 0 heterocycles. The lowest BCUT2D eigenvalue weighted by atomic mass is 9.95. The molecule has 1 saturated carbocycles. The van der Waals surface area contributed by atoms with Gasteiger partial charge in [0, 0.05) is 6.04 Å². The van der Waals surface area contributed by atoms with Gasteiger partial charge in [0.15, 0.2) is 0 Å². The van der Waals surface area contributed by atoms with Crippen LogP contribution in [0.4, 0.5) is 0 Å². The van der Waals surface area contributed by atoms with Crippen LogP contribution in [0.2, 0.25) is 0 Å². The van der Waals surface area contributed by atoms with Crippen molar-refractivity contribution in [1.82, 2.24) is 0 Å². The molecule has 1 rings (SSSR count). The van der Waals surface area contributed by atoms with Crippen molar-refractivity contribution in [2.24, 2.45) is 23.5 Å². The van der Waals surface area contributed by atoms with Gasteiger partial charge in [-0.05, 0) is 24.2 Å². The average Bonchev–Trinajstić information content (AvgIpc) is 2.80. The van der Waals surface area contributed by atoms with E-state index >= 15 is 0 Å². The number of rotatable bonds is 4. The summed E-state index contributed by atoms with van der Waals surface area (Å²) in [5, 5.41) is 0. The van der Waals surface area contributed by atoms with Gasteiger partial charge in [0.25, 0.3) is 0 Å². The molecule has 2 N–H and O–H groups in total. The minimum atomic E-state index is 0.477. The summed E-state index contributed by atoms with van der Waals surface area (Å²) in [6.45, 7) is 6.78. The molecule has 1 fully saturated rings. The van der Waals surface area contributed by atoms with Gasteiger partial charge in [0.2, 0.25) is 0 Å². The summed E-state index contributed by atoms with van der Waals surface area (Å²) in [6, 6.07) is 0.477. The summed E-state index contributed by atoms with van der Waals surface area (Å²) in [6.07, 6.45) is 3.95. The van der Waals surface area contributed by atoms with Crippen molar-refractivity contribution < 1.29 is 0 Å². The van der Waals surface area contributed by atoms with E-state index in [1.165, 1.54) is 19.3 Å². The zero-order valence-corrected chi connectivity index (χ0v) is 8.01. The summed E-state index contributed by atoms with van der Waals surface area (Å²) in [5.41, 5.74) is 6.10. The zero-order valence-electron chi connectivity index (χ0n) is 8.01. The topological polar surface area (TPSA) is 26.0 Å². The molecule has 0 aromatic carbocycles. The molecule has 66 valence electrons. The SMILES string of the molecule is CCC(C)C(N)[C@@H]1C[C@H]1CC. The zero-order chi connectivity index (χ0) is 8.43. The molecule has 0 saturated heterocycles. The molecule has 0 aromatic rings. The van der Waals surface area contributed by atoms with Crippen LogP contribution < -0.4 is 5.73 Å². The van der Waals surface area contributed by atoms with Gasteiger partial charge in [0.1, 0.15) is 0 Å². The first kappa shape index (κ1) is 9.05. The second-order valence-electron chi connectivity index (χ2n) is 4.03. The molecule has 11 heavy (non-hydrogen) atoms. The van der Waals surface area contributed by atoms with E-state index in [1.807, 2.05) is 0 Å². The summed E-state index contributed by atoms with van der Waals surface area (Å²) in [5.74, 6) is 2.53. The van der Waals surface area contributed by atoms with Gasteiger partial charge in [-0.1, -0.05) is 33.6 Å². The molecule has 2 unspecified atom stereocenters. The van der Waals surface area contributed by atoms with E-state index in [0.717, 1.165) is 17.8 Å². The Morgan fingerprint density at radius 1 is 1.45 bits per heavy atom. The first-order valence-corrected chi connectivity index (χ1v) is 4.96. The highest BCUT2D eigenvalue weighted by atomic mass is 14.7. The van der Waals surface area contributed by atoms with Crippen LogP contribution in [-0.2, 0) is 0 Å². The van der Waals surface area contributed by atoms with Crippen molar-refractivity contribution in [3.63, 3.8) is 0 Å². The van der Waals surface area contributed by atoms with Crippen molar-refractivity contribution in [1.29, 1.82) is 0 Å². The lowest BCUT2D eigenvalue weighted by Gasteiger charge is -2.17. The first-order valence-electron chi connectivity index (χ1n) is 4.96. The van der Waals surface area contributed by atoms with E-state index in [4.69, 9.17) is 5.73 Å². The van der Waals surface area contributed by atoms with Crippen LogP contribution in [0.5, 0.6) is 0 Å². The Balaban J connectivity index is 2.26. The first-order chi connectivity index (χ1) is 5.20. The van der Waals surface area contributed by atoms with Crippen LogP contribution >= 0.6 is 0 Å². The molecule has 0 aromatic heterocycles. The quantitative estimate of drug-likeness (QED) is 0.663. The molecular weight excluding hydrogens is 134 g/mol. The third-order valence-electron chi connectivity index (χ3n) is 3.30. The highest BCUT2D eigenvalue weighted by Crippen LogP contribution is 2.44. The molecule has 4 atom stereocenters. The van der Waals surface area contributed by atoms with Gasteiger partial charge >= 0.3 is 0 Å². The molecule has 1 aliphatic rings. The number of nitrogens with two attached hydrogens (primary N) is 1. The minimum absolute atomic E-state index is 0.477. The molecule has 0 bridgehead atoms. The maximum absolute atomic E-state index is 6.10. The molecule has 0 aliphatic heterocycles. The smallest absolute Gasteiger partial charge is 0.00956 e. The fraction of sp³-hybridized carbons (Fsp3) is 1.00. The Morgan fingerprint density at radius 3 is 2.45 bits per heavy atom. The highest BCUT2D eigenvalue weighted by Gasteiger charge is 2.41. The Morgan fingerprint density at radius 2 is 2.09 bits per heavy atom. The molecule has 0 amide bonds. The van der Waals surface area contributed by atoms with E-state index in [9.17, 15) is 0 Å². The predicted octanol–water partition coefficient (Wildman–Crippen LogP) is 2.41. The maximum Gasteiger partial charge on any atom is 0.00956 e. The monoisotopic (exact) mass is 155 g/mol. The van der Waals surface area contributed by atoms with E-state index in [0.29, 0.717) is 6.04 Å². The Hall–Kier alpha value is -0.0400. The lowest BCUT2D eigenvalue weighted by molar-refractivity contribution is 0.387. The molecule has 1 nitrogen and oxygen atoms in total. The fourth-order valence-electron chi connectivity index (χ4n) is 1.91. The van der Waals surface area contributed by atoms with E-state index in [1.54, 1.807) is 0 Å². The molecule has 0 spiro atoms. The molecule has 1 aliphatic carbocycles. The lowest BCUT2D eigenvalue weighted by Crippen LogP contribution is -2.30. The van der Waals surface area contributed by atoms with Gasteiger partial charge in [-0.2, -0.15) is 0 Å². The summed E-state index contributed by atoms with van der Waals surface area (Å²) < 4.78 is 0. The fourth-order valence-corrected chi connectivity index (χ4v) is 1.91. The van der Waals surface area contributed by atoms with Crippen LogP contribution in [0.1, 0.15) is 40.0 Å². The largest absolute Gasteiger partial charge is 0.327 e. The van der Waals surface area contributed by atoms with Gasteiger partial charge in [0.05, 0.1) is 0 Å². The van der Waals surface area contributed by atoms with Crippen LogP contribution in [0, 0.1) is 17.8 Å². The Bertz CT molecular complexity index is 122. The van der Waals surface area contributed by atoms with Crippen molar-refractivity contribution in [3.05, 3.63) is 0 Å². The van der Waals surface area contributed by atoms with E-state index in [-0.39, 0.29) is 0 Å². The normalized spacial score (nSPS) is 34.9. The van der Waals surface area contributed by atoms with Crippen molar-refractivity contribution >= 4 is 0 Å². The minimum Gasteiger partial charge on any atom is -0.327 e. The average molecular weight is 155 g/mol. The summed E-state index contributed by atoms with van der Waals surface area (Å²) in [7, 11) is 0. The third kappa shape index (κ3) is 1.96. The predicted molar refractivity (Wildman–Crippen MR) is 49.3 cm³/mol. The third-order valence-corrected chi connectivity index (χ3v) is 3.30. The van der Waals surface area contributed by atoms with Gasteiger partial charge in [-0.15, -0.1) is 0 Å². The van der Waals surface area contributed by atoms with Crippen molar-refractivity contribution in [2.45, 2.75) is 46.1 Å². The molecular formula is C10H21N.